The standard InChI is InChI=1S/C19H20O2S2/c1-5-18(22-12-16-10-20-16)6-2-14(1)9-15-3-7-19(8-4-15)23-13-17-11-21-17/h1-8,16-17H,9-13H2. The molecule has 4 heteroatoms. The fourth-order valence-electron chi connectivity index (χ4n) is 2.35. The summed E-state index contributed by atoms with van der Waals surface area (Å²) >= 11 is 3.77. The van der Waals surface area contributed by atoms with Crippen LogP contribution in [0, 0.1) is 0 Å². The van der Waals surface area contributed by atoms with E-state index in [0.717, 1.165) is 31.1 Å². The van der Waals surface area contributed by atoms with Gasteiger partial charge in [0, 0.05) is 21.3 Å². The zero-order chi connectivity index (χ0) is 15.5. The molecule has 0 saturated carbocycles. The highest BCUT2D eigenvalue weighted by Crippen LogP contribution is 2.26. The molecule has 2 aliphatic rings. The largest absolute Gasteiger partial charge is 0.372 e. The Morgan fingerprint density at radius 1 is 0.696 bits per heavy atom. The predicted molar refractivity (Wildman–Crippen MR) is 96.6 cm³/mol. The summed E-state index contributed by atoms with van der Waals surface area (Å²) in [5.74, 6) is 2.15. The van der Waals surface area contributed by atoms with Crippen LogP contribution in [0.15, 0.2) is 58.3 Å². The van der Waals surface area contributed by atoms with Crippen molar-refractivity contribution in [2.75, 3.05) is 24.7 Å². The number of rotatable bonds is 8. The van der Waals surface area contributed by atoms with Crippen molar-refractivity contribution < 1.29 is 9.47 Å². The molecule has 0 N–H and O–H groups in total. The third-order valence-electron chi connectivity index (χ3n) is 3.93. The van der Waals surface area contributed by atoms with Crippen LogP contribution < -0.4 is 0 Å². The van der Waals surface area contributed by atoms with E-state index in [1.165, 1.54) is 20.9 Å². The Morgan fingerprint density at radius 3 is 1.43 bits per heavy atom. The maximum absolute atomic E-state index is 5.25. The number of epoxide rings is 2. The zero-order valence-electron chi connectivity index (χ0n) is 12.9. The summed E-state index contributed by atoms with van der Waals surface area (Å²) in [7, 11) is 0. The molecular formula is C19H20O2S2. The quantitative estimate of drug-likeness (QED) is 0.528. The second-order valence-electron chi connectivity index (χ2n) is 6.00. The molecule has 2 heterocycles. The van der Waals surface area contributed by atoms with Gasteiger partial charge >= 0.3 is 0 Å². The highest BCUT2D eigenvalue weighted by atomic mass is 32.2. The van der Waals surface area contributed by atoms with Crippen LogP contribution in [0.2, 0.25) is 0 Å². The van der Waals surface area contributed by atoms with Gasteiger partial charge in [-0.15, -0.1) is 23.5 Å². The van der Waals surface area contributed by atoms with E-state index in [-0.39, 0.29) is 0 Å². The van der Waals surface area contributed by atoms with E-state index in [4.69, 9.17) is 9.47 Å². The van der Waals surface area contributed by atoms with Crippen molar-refractivity contribution in [2.24, 2.45) is 0 Å². The average Bonchev–Trinajstić information content (AvgIpc) is 3.48. The molecule has 120 valence electrons. The van der Waals surface area contributed by atoms with Crippen molar-refractivity contribution in [3.63, 3.8) is 0 Å². The van der Waals surface area contributed by atoms with E-state index in [9.17, 15) is 0 Å². The average molecular weight is 345 g/mol. The third-order valence-corrected chi connectivity index (χ3v) is 6.22. The van der Waals surface area contributed by atoms with Gasteiger partial charge in [-0.3, -0.25) is 0 Å². The molecule has 2 aromatic rings. The van der Waals surface area contributed by atoms with Crippen molar-refractivity contribution in [3.8, 4) is 0 Å². The van der Waals surface area contributed by atoms with E-state index < -0.39 is 0 Å². The summed E-state index contributed by atoms with van der Waals surface area (Å²) in [6.07, 6.45) is 1.97. The van der Waals surface area contributed by atoms with Crippen LogP contribution in [0.1, 0.15) is 11.1 Å². The molecule has 2 saturated heterocycles. The molecule has 2 nitrogen and oxygen atoms in total. The molecule has 23 heavy (non-hydrogen) atoms. The first-order chi connectivity index (χ1) is 11.3. The Labute approximate surface area is 146 Å². The molecule has 2 aromatic carbocycles. The lowest BCUT2D eigenvalue weighted by Crippen LogP contribution is -1.91. The first-order valence-corrected chi connectivity index (χ1v) is 9.99. The summed E-state index contributed by atoms with van der Waals surface area (Å²) in [5, 5.41) is 0. The normalized spacial score (nSPS) is 22.1. The molecule has 0 spiro atoms. The molecule has 0 bridgehead atoms. The Hall–Kier alpha value is -0.940. The van der Waals surface area contributed by atoms with Gasteiger partial charge in [-0.1, -0.05) is 24.3 Å². The molecule has 0 aliphatic carbocycles. The zero-order valence-corrected chi connectivity index (χ0v) is 14.6. The Morgan fingerprint density at radius 2 is 1.09 bits per heavy atom. The number of benzene rings is 2. The summed E-state index contributed by atoms with van der Waals surface area (Å²) in [6, 6.07) is 17.9. The number of hydrogen-bond donors (Lipinski definition) is 0. The Kier molecular flexibility index (Phi) is 4.95. The van der Waals surface area contributed by atoms with Crippen LogP contribution in [-0.2, 0) is 15.9 Å². The summed E-state index contributed by atoms with van der Waals surface area (Å²) in [6.45, 7) is 1.88. The fourth-order valence-corrected chi connectivity index (χ4v) is 4.15. The molecule has 2 fully saturated rings. The fraction of sp³-hybridized carbons (Fsp3) is 0.368. The lowest BCUT2D eigenvalue weighted by atomic mass is 10.1. The van der Waals surface area contributed by atoms with Crippen LogP contribution >= 0.6 is 23.5 Å². The SMILES string of the molecule is c1cc(SCC2CO2)ccc1Cc1ccc(SCC2CO2)cc1. The van der Waals surface area contributed by atoms with Gasteiger partial charge in [-0.05, 0) is 41.8 Å². The minimum atomic E-state index is 0.488. The molecule has 0 aromatic heterocycles. The maximum Gasteiger partial charge on any atom is 0.0903 e. The van der Waals surface area contributed by atoms with Crippen molar-refractivity contribution in [1.29, 1.82) is 0 Å². The molecule has 2 unspecified atom stereocenters. The lowest BCUT2D eigenvalue weighted by molar-refractivity contribution is 0.426. The van der Waals surface area contributed by atoms with Gasteiger partial charge in [0.1, 0.15) is 0 Å². The van der Waals surface area contributed by atoms with E-state index in [2.05, 4.69) is 48.5 Å². The lowest BCUT2D eigenvalue weighted by Gasteiger charge is -2.05. The Balaban J connectivity index is 1.29. The molecule has 2 aliphatic heterocycles. The Bertz CT molecular complexity index is 574. The molecular weight excluding hydrogens is 324 g/mol. The molecule has 0 radical (unpaired) electrons. The van der Waals surface area contributed by atoms with Gasteiger partial charge in [0.05, 0.1) is 25.4 Å². The van der Waals surface area contributed by atoms with Crippen LogP contribution in [0.3, 0.4) is 0 Å². The maximum atomic E-state index is 5.25. The van der Waals surface area contributed by atoms with Crippen molar-refractivity contribution in [2.45, 2.75) is 28.4 Å². The van der Waals surface area contributed by atoms with Crippen molar-refractivity contribution >= 4 is 23.5 Å². The first-order valence-electron chi connectivity index (χ1n) is 8.02. The van der Waals surface area contributed by atoms with Crippen LogP contribution in [0.4, 0.5) is 0 Å². The predicted octanol–water partition coefficient (Wildman–Crippen LogP) is 4.26. The highest BCUT2D eigenvalue weighted by molar-refractivity contribution is 7.99. The third kappa shape index (κ3) is 5.01. The molecule has 0 amide bonds. The van der Waals surface area contributed by atoms with E-state index in [1.54, 1.807) is 0 Å². The smallest absolute Gasteiger partial charge is 0.0903 e. The second-order valence-corrected chi connectivity index (χ2v) is 8.18. The minimum absolute atomic E-state index is 0.488. The van der Waals surface area contributed by atoms with Gasteiger partial charge < -0.3 is 9.47 Å². The van der Waals surface area contributed by atoms with Crippen molar-refractivity contribution in [3.05, 3.63) is 59.7 Å². The van der Waals surface area contributed by atoms with E-state index >= 15 is 0 Å². The summed E-state index contributed by atoms with van der Waals surface area (Å²) < 4.78 is 10.5. The van der Waals surface area contributed by atoms with Gasteiger partial charge in [-0.2, -0.15) is 0 Å². The summed E-state index contributed by atoms with van der Waals surface area (Å²) in [4.78, 5) is 2.66. The minimum Gasteiger partial charge on any atom is -0.372 e. The number of thioether (sulfide) groups is 2. The monoisotopic (exact) mass is 344 g/mol. The van der Waals surface area contributed by atoms with Gasteiger partial charge in [-0.25, -0.2) is 0 Å². The number of ether oxygens (including phenoxy) is 2. The second kappa shape index (κ2) is 7.31. The van der Waals surface area contributed by atoms with Crippen LogP contribution in [-0.4, -0.2) is 36.9 Å². The van der Waals surface area contributed by atoms with E-state index in [1.807, 2.05) is 23.5 Å². The van der Waals surface area contributed by atoms with Gasteiger partial charge in [0.15, 0.2) is 0 Å². The van der Waals surface area contributed by atoms with Crippen molar-refractivity contribution in [1.82, 2.24) is 0 Å². The highest BCUT2D eigenvalue weighted by Gasteiger charge is 2.22. The van der Waals surface area contributed by atoms with Gasteiger partial charge in [0.2, 0.25) is 0 Å². The first kappa shape index (κ1) is 15.6. The van der Waals surface area contributed by atoms with Crippen LogP contribution in [0.25, 0.3) is 0 Å². The molecule has 2 atom stereocenters. The van der Waals surface area contributed by atoms with Gasteiger partial charge in [0.25, 0.3) is 0 Å². The summed E-state index contributed by atoms with van der Waals surface area (Å²) in [5.41, 5.74) is 2.73. The number of hydrogen-bond acceptors (Lipinski definition) is 4. The topological polar surface area (TPSA) is 25.1 Å². The van der Waals surface area contributed by atoms with E-state index in [0.29, 0.717) is 12.2 Å². The van der Waals surface area contributed by atoms with Crippen LogP contribution in [0.5, 0.6) is 0 Å². The molecule has 4 rings (SSSR count).